The Hall–Kier alpha value is -1.47. The Kier molecular flexibility index (Phi) is 2.88. The Labute approximate surface area is 98.8 Å². The highest BCUT2D eigenvalue weighted by atomic mass is 16.6. The summed E-state index contributed by atoms with van der Waals surface area (Å²) in [6, 6.07) is 0.172. The average Bonchev–Trinajstić information content (AvgIpc) is 2.57. The van der Waals surface area contributed by atoms with Crippen molar-refractivity contribution >= 4 is 5.69 Å². The summed E-state index contributed by atoms with van der Waals surface area (Å²) in [5, 5.41) is 24.1. The van der Waals surface area contributed by atoms with Crippen molar-refractivity contribution in [2.45, 2.75) is 25.5 Å². The Morgan fingerprint density at radius 2 is 2.29 bits per heavy atom. The molecule has 0 amide bonds. The summed E-state index contributed by atoms with van der Waals surface area (Å²) in [6.45, 7) is 5.66. The zero-order valence-electron chi connectivity index (χ0n) is 9.91. The van der Waals surface area contributed by atoms with Crippen molar-refractivity contribution in [3.8, 4) is 0 Å². The maximum absolute atomic E-state index is 10.5. The lowest BCUT2D eigenvalue weighted by atomic mass is 10.0. The first-order valence-electron chi connectivity index (χ1n) is 5.48. The minimum Gasteiger partial charge on any atom is -0.389 e. The minimum absolute atomic E-state index is 0.0194. The molecule has 0 aromatic carbocycles. The number of hydrogen-bond donors (Lipinski definition) is 1. The summed E-state index contributed by atoms with van der Waals surface area (Å²) in [5.74, 6) is 0. The summed E-state index contributed by atoms with van der Waals surface area (Å²) >= 11 is 0. The average molecular weight is 240 g/mol. The second kappa shape index (κ2) is 4.08. The molecule has 94 valence electrons. The van der Waals surface area contributed by atoms with E-state index in [4.69, 9.17) is 0 Å². The molecule has 7 nitrogen and oxygen atoms in total. The molecule has 1 aliphatic heterocycles. The topological polar surface area (TPSA) is 84.4 Å². The van der Waals surface area contributed by atoms with Gasteiger partial charge in [0.15, 0.2) is 0 Å². The highest BCUT2D eigenvalue weighted by Gasteiger charge is 2.32. The van der Waals surface area contributed by atoms with Crippen molar-refractivity contribution in [1.82, 2.24) is 14.7 Å². The Morgan fingerprint density at radius 1 is 1.65 bits per heavy atom. The third kappa shape index (κ3) is 2.80. The highest BCUT2D eigenvalue weighted by Crippen LogP contribution is 2.23. The van der Waals surface area contributed by atoms with Gasteiger partial charge in [-0.3, -0.25) is 19.7 Å². The van der Waals surface area contributed by atoms with Gasteiger partial charge in [0, 0.05) is 19.6 Å². The fraction of sp³-hybridized carbons (Fsp3) is 0.700. The summed E-state index contributed by atoms with van der Waals surface area (Å²) in [7, 11) is 0. The lowest BCUT2D eigenvalue weighted by Crippen LogP contribution is -2.52. The lowest BCUT2D eigenvalue weighted by molar-refractivity contribution is -0.385. The van der Waals surface area contributed by atoms with E-state index in [9.17, 15) is 15.2 Å². The van der Waals surface area contributed by atoms with Gasteiger partial charge in [-0.15, -0.1) is 0 Å². The number of aromatic nitrogens is 2. The van der Waals surface area contributed by atoms with Crippen LogP contribution in [-0.2, 0) is 0 Å². The number of hydrogen-bond acceptors (Lipinski definition) is 5. The summed E-state index contributed by atoms with van der Waals surface area (Å²) in [5.41, 5.74) is -0.688. The van der Waals surface area contributed by atoms with Crippen molar-refractivity contribution in [3.63, 3.8) is 0 Å². The second-order valence-electron chi connectivity index (χ2n) is 5.10. The van der Waals surface area contributed by atoms with E-state index in [-0.39, 0.29) is 11.7 Å². The van der Waals surface area contributed by atoms with Gasteiger partial charge < -0.3 is 5.11 Å². The van der Waals surface area contributed by atoms with Crippen LogP contribution in [0.25, 0.3) is 0 Å². The van der Waals surface area contributed by atoms with Gasteiger partial charge >= 0.3 is 5.69 Å². The van der Waals surface area contributed by atoms with E-state index in [1.165, 1.54) is 12.4 Å². The molecule has 1 fully saturated rings. The molecule has 0 atom stereocenters. The van der Waals surface area contributed by atoms with Crippen LogP contribution in [0.15, 0.2) is 12.4 Å². The smallest absolute Gasteiger partial charge is 0.307 e. The molecule has 0 radical (unpaired) electrons. The first-order chi connectivity index (χ1) is 7.85. The number of β-amino-alcohol motifs (C(OH)–C–C–N with tert-alkyl or cyclic N) is 1. The van der Waals surface area contributed by atoms with Crippen LogP contribution >= 0.6 is 0 Å². The fourth-order valence-electron chi connectivity index (χ4n) is 2.01. The Morgan fingerprint density at radius 3 is 2.76 bits per heavy atom. The van der Waals surface area contributed by atoms with E-state index < -0.39 is 10.5 Å². The molecule has 1 aliphatic rings. The van der Waals surface area contributed by atoms with Crippen LogP contribution in [-0.4, -0.2) is 49.9 Å². The first kappa shape index (κ1) is 12.0. The molecule has 1 aromatic heterocycles. The zero-order chi connectivity index (χ0) is 12.6. The molecular formula is C10H16N4O3. The zero-order valence-corrected chi connectivity index (χ0v) is 9.91. The summed E-state index contributed by atoms with van der Waals surface area (Å²) in [6.07, 6.45) is 2.71. The van der Waals surface area contributed by atoms with E-state index >= 15 is 0 Å². The monoisotopic (exact) mass is 240 g/mol. The predicted molar refractivity (Wildman–Crippen MR) is 60.7 cm³/mol. The second-order valence-corrected chi connectivity index (χ2v) is 5.10. The van der Waals surface area contributed by atoms with Crippen molar-refractivity contribution < 1.29 is 10.0 Å². The van der Waals surface area contributed by atoms with Gasteiger partial charge in [0.2, 0.25) is 0 Å². The van der Waals surface area contributed by atoms with Crippen LogP contribution in [0.4, 0.5) is 5.69 Å². The molecule has 0 aliphatic carbocycles. The molecule has 2 rings (SSSR count). The lowest BCUT2D eigenvalue weighted by Gasteiger charge is -2.41. The van der Waals surface area contributed by atoms with Crippen LogP contribution < -0.4 is 0 Å². The maximum atomic E-state index is 10.5. The van der Waals surface area contributed by atoms with Crippen LogP contribution in [0.5, 0.6) is 0 Å². The largest absolute Gasteiger partial charge is 0.389 e. The number of likely N-dealkylation sites (tertiary alicyclic amines) is 1. The molecule has 0 bridgehead atoms. The Bertz CT molecular complexity index is 417. The van der Waals surface area contributed by atoms with Gasteiger partial charge in [-0.05, 0) is 13.8 Å². The number of rotatable bonds is 4. The summed E-state index contributed by atoms with van der Waals surface area (Å²) in [4.78, 5) is 12.2. The maximum Gasteiger partial charge on any atom is 0.307 e. The van der Waals surface area contributed by atoms with E-state index in [0.717, 1.165) is 13.1 Å². The van der Waals surface area contributed by atoms with Crippen molar-refractivity contribution in [2.75, 3.05) is 19.6 Å². The molecule has 2 heterocycles. The van der Waals surface area contributed by atoms with E-state index in [1.54, 1.807) is 18.5 Å². The van der Waals surface area contributed by atoms with Crippen molar-refractivity contribution in [1.29, 1.82) is 0 Å². The SMILES string of the molecule is CC(C)(O)CN1CC(n2cc([N+](=O)[O-])cn2)C1. The van der Waals surface area contributed by atoms with Gasteiger partial charge in [0.1, 0.15) is 12.4 Å². The number of nitro groups is 1. The predicted octanol–water partition coefficient (Wildman–Crippen LogP) is 0.419. The molecule has 1 saturated heterocycles. The van der Waals surface area contributed by atoms with Crippen molar-refractivity contribution in [2.24, 2.45) is 0 Å². The fourth-order valence-corrected chi connectivity index (χ4v) is 2.01. The first-order valence-corrected chi connectivity index (χ1v) is 5.48. The standard InChI is InChI=1S/C10H16N4O3/c1-10(2,15)7-12-4-9(5-12)13-6-8(3-11-13)14(16)17/h3,6,9,15H,4-5,7H2,1-2H3. The molecule has 7 heteroatoms. The molecule has 1 N–H and O–H groups in total. The normalized spacial score (nSPS) is 18.1. The molecule has 1 aromatic rings. The number of nitrogens with zero attached hydrogens (tertiary/aromatic N) is 4. The molecule has 0 unspecified atom stereocenters. The highest BCUT2D eigenvalue weighted by molar-refractivity contribution is 5.21. The molecule has 0 saturated carbocycles. The molecule has 17 heavy (non-hydrogen) atoms. The van der Waals surface area contributed by atoms with E-state index in [2.05, 4.69) is 10.00 Å². The summed E-state index contributed by atoms with van der Waals surface area (Å²) < 4.78 is 1.62. The van der Waals surface area contributed by atoms with Crippen LogP contribution in [0.2, 0.25) is 0 Å². The third-order valence-corrected chi connectivity index (χ3v) is 2.72. The Balaban J connectivity index is 1.89. The van der Waals surface area contributed by atoms with Gasteiger partial charge in [-0.1, -0.05) is 0 Å². The minimum atomic E-state index is -0.707. The quantitative estimate of drug-likeness (QED) is 0.609. The van der Waals surface area contributed by atoms with Gasteiger partial charge in [-0.2, -0.15) is 5.10 Å². The van der Waals surface area contributed by atoms with Gasteiger partial charge in [-0.25, -0.2) is 0 Å². The van der Waals surface area contributed by atoms with Crippen LogP contribution in [0, 0.1) is 10.1 Å². The van der Waals surface area contributed by atoms with Crippen LogP contribution in [0.1, 0.15) is 19.9 Å². The van der Waals surface area contributed by atoms with E-state index in [1.807, 2.05) is 0 Å². The van der Waals surface area contributed by atoms with E-state index in [0.29, 0.717) is 6.54 Å². The number of aliphatic hydroxyl groups is 1. The molecule has 0 spiro atoms. The van der Waals surface area contributed by atoms with Gasteiger partial charge in [0.25, 0.3) is 0 Å². The van der Waals surface area contributed by atoms with Gasteiger partial charge in [0.05, 0.1) is 16.6 Å². The molecular weight excluding hydrogens is 224 g/mol. The third-order valence-electron chi connectivity index (χ3n) is 2.72. The van der Waals surface area contributed by atoms with Crippen LogP contribution in [0.3, 0.4) is 0 Å². The van der Waals surface area contributed by atoms with Crippen molar-refractivity contribution in [3.05, 3.63) is 22.5 Å².